The first-order chi connectivity index (χ1) is 11.7. The van der Waals surface area contributed by atoms with E-state index in [9.17, 15) is 18.3 Å². The summed E-state index contributed by atoms with van der Waals surface area (Å²) in [5.74, 6) is -0.682. The highest BCUT2D eigenvalue weighted by Gasteiger charge is 2.49. The third kappa shape index (κ3) is 4.56. The summed E-state index contributed by atoms with van der Waals surface area (Å²) < 4.78 is 45.9. The van der Waals surface area contributed by atoms with Crippen molar-refractivity contribution in [3.05, 3.63) is 29.8 Å². The molecule has 1 aromatic rings. The molecule has 25 heavy (non-hydrogen) atoms. The molecule has 1 saturated heterocycles. The fourth-order valence-electron chi connectivity index (χ4n) is 2.51. The van der Waals surface area contributed by atoms with Crippen LogP contribution in [0, 0.1) is 6.92 Å². The van der Waals surface area contributed by atoms with Gasteiger partial charge in [-0.3, -0.25) is 8.98 Å². The van der Waals surface area contributed by atoms with E-state index in [4.69, 9.17) is 18.4 Å². The second kappa shape index (κ2) is 7.79. The van der Waals surface area contributed by atoms with Gasteiger partial charge in [0.05, 0.1) is 11.0 Å². The SMILES string of the molecule is CO[C@@H]1O[C@H](C)[C@H](O)[C@@H](OS(=O)(=O)c2ccc(C)cc2)[C@H]1OC(C)=O. The molecule has 5 atom stereocenters. The van der Waals surface area contributed by atoms with E-state index >= 15 is 0 Å². The minimum atomic E-state index is -4.20. The van der Waals surface area contributed by atoms with Crippen LogP contribution in [-0.4, -0.2) is 57.3 Å². The van der Waals surface area contributed by atoms with E-state index < -0.39 is 46.8 Å². The molecule has 0 bridgehead atoms. The standard InChI is InChI=1S/C16H22O8S/c1-9-5-7-12(8-6-9)25(19,20)24-14-13(18)10(2)22-16(21-4)15(14)23-11(3)17/h5-8,10,13-16,18H,1-4H3/t10-,13+,14-,15-,16-/m1/s1. The highest BCUT2D eigenvalue weighted by molar-refractivity contribution is 7.86. The van der Waals surface area contributed by atoms with Crippen LogP contribution >= 0.6 is 0 Å². The Hall–Kier alpha value is -1.52. The topological polar surface area (TPSA) is 108 Å². The van der Waals surface area contributed by atoms with Gasteiger partial charge in [0.2, 0.25) is 0 Å². The fraction of sp³-hybridized carbons (Fsp3) is 0.562. The molecule has 8 nitrogen and oxygen atoms in total. The summed E-state index contributed by atoms with van der Waals surface area (Å²) in [6.07, 6.45) is -5.80. The average Bonchev–Trinajstić information content (AvgIpc) is 2.54. The molecule has 140 valence electrons. The van der Waals surface area contributed by atoms with Gasteiger partial charge in [-0.1, -0.05) is 17.7 Å². The zero-order valence-electron chi connectivity index (χ0n) is 14.4. The van der Waals surface area contributed by atoms with Gasteiger partial charge in [0.25, 0.3) is 10.1 Å². The highest BCUT2D eigenvalue weighted by atomic mass is 32.2. The summed E-state index contributed by atoms with van der Waals surface area (Å²) in [7, 11) is -2.88. The zero-order valence-corrected chi connectivity index (χ0v) is 15.2. The van der Waals surface area contributed by atoms with Crippen molar-refractivity contribution in [2.24, 2.45) is 0 Å². The fourth-order valence-corrected chi connectivity index (χ4v) is 3.60. The number of esters is 1. The Morgan fingerprint density at radius 3 is 2.32 bits per heavy atom. The Morgan fingerprint density at radius 2 is 1.80 bits per heavy atom. The first-order valence-corrected chi connectivity index (χ1v) is 9.10. The predicted molar refractivity (Wildman–Crippen MR) is 86.1 cm³/mol. The lowest BCUT2D eigenvalue weighted by molar-refractivity contribution is -0.285. The third-order valence-electron chi connectivity index (χ3n) is 3.84. The van der Waals surface area contributed by atoms with Crippen molar-refractivity contribution in [2.45, 2.75) is 56.4 Å². The van der Waals surface area contributed by atoms with Crippen LogP contribution in [0.2, 0.25) is 0 Å². The largest absolute Gasteiger partial charge is 0.454 e. The molecule has 1 aliphatic rings. The molecule has 0 aliphatic carbocycles. The predicted octanol–water partition coefficient (Wildman–Crippen LogP) is 0.753. The van der Waals surface area contributed by atoms with Gasteiger partial charge in [0.1, 0.15) is 12.2 Å². The molecular formula is C16H22O8S. The lowest BCUT2D eigenvalue weighted by atomic mass is 10.00. The molecule has 0 unspecified atom stereocenters. The second-order valence-electron chi connectivity index (χ2n) is 5.84. The molecule has 0 amide bonds. The first kappa shape index (κ1) is 19.8. The van der Waals surface area contributed by atoms with Gasteiger partial charge in [-0.15, -0.1) is 0 Å². The maximum atomic E-state index is 12.5. The summed E-state index contributed by atoms with van der Waals surface area (Å²) in [6.45, 7) is 4.51. The number of rotatable bonds is 5. The molecule has 0 saturated carbocycles. The van der Waals surface area contributed by atoms with E-state index in [1.54, 1.807) is 12.1 Å². The Labute approximate surface area is 146 Å². The number of carbonyl (C=O) groups excluding carboxylic acids is 1. The molecule has 9 heteroatoms. The molecule has 2 rings (SSSR count). The summed E-state index contributed by atoms with van der Waals surface area (Å²) in [6, 6.07) is 6.05. The van der Waals surface area contributed by atoms with Crippen molar-refractivity contribution in [1.82, 2.24) is 0 Å². The monoisotopic (exact) mass is 374 g/mol. The maximum Gasteiger partial charge on any atom is 0.303 e. The Bertz CT molecular complexity index is 699. The zero-order chi connectivity index (χ0) is 18.8. The van der Waals surface area contributed by atoms with Crippen LogP contribution in [0.25, 0.3) is 0 Å². The van der Waals surface area contributed by atoms with Crippen molar-refractivity contribution < 1.29 is 36.7 Å². The van der Waals surface area contributed by atoms with Gasteiger partial charge in [-0.25, -0.2) is 0 Å². The minimum absolute atomic E-state index is 0.0695. The first-order valence-electron chi connectivity index (χ1n) is 7.69. The van der Waals surface area contributed by atoms with Gasteiger partial charge in [-0.2, -0.15) is 8.42 Å². The van der Waals surface area contributed by atoms with Gasteiger partial charge in [-0.05, 0) is 26.0 Å². The van der Waals surface area contributed by atoms with E-state index in [1.165, 1.54) is 26.2 Å². The Kier molecular flexibility index (Phi) is 6.17. The summed E-state index contributed by atoms with van der Waals surface area (Å²) in [5.41, 5.74) is 0.885. The number of aryl methyl sites for hydroxylation is 1. The van der Waals surface area contributed by atoms with Gasteiger partial charge >= 0.3 is 5.97 Å². The van der Waals surface area contributed by atoms with E-state index in [0.717, 1.165) is 12.5 Å². The van der Waals surface area contributed by atoms with Gasteiger partial charge < -0.3 is 19.3 Å². The van der Waals surface area contributed by atoms with E-state index in [-0.39, 0.29) is 4.90 Å². The molecule has 1 aliphatic heterocycles. The number of carbonyl (C=O) groups is 1. The highest BCUT2D eigenvalue weighted by Crippen LogP contribution is 2.29. The molecule has 1 N–H and O–H groups in total. The molecule has 1 aromatic carbocycles. The summed E-state index contributed by atoms with van der Waals surface area (Å²) in [5, 5.41) is 10.3. The summed E-state index contributed by atoms with van der Waals surface area (Å²) in [4.78, 5) is 11.3. The van der Waals surface area contributed by atoms with Crippen molar-refractivity contribution in [3.8, 4) is 0 Å². The molecular weight excluding hydrogens is 352 g/mol. The van der Waals surface area contributed by atoms with Crippen molar-refractivity contribution in [2.75, 3.05) is 7.11 Å². The minimum Gasteiger partial charge on any atom is -0.454 e. The van der Waals surface area contributed by atoms with Gasteiger partial charge in [0.15, 0.2) is 12.4 Å². The average molecular weight is 374 g/mol. The van der Waals surface area contributed by atoms with Crippen LogP contribution < -0.4 is 0 Å². The van der Waals surface area contributed by atoms with E-state index in [0.29, 0.717) is 0 Å². The molecule has 1 heterocycles. The van der Waals surface area contributed by atoms with Crippen molar-refractivity contribution >= 4 is 16.1 Å². The summed E-state index contributed by atoms with van der Waals surface area (Å²) >= 11 is 0. The van der Waals surface area contributed by atoms with Crippen LogP contribution in [0.15, 0.2) is 29.2 Å². The molecule has 1 fully saturated rings. The molecule has 0 aromatic heterocycles. The quantitative estimate of drug-likeness (QED) is 0.594. The lowest BCUT2D eigenvalue weighted by Crippen LogP contribution is -2.59. The van der Waals surface area contributed by atoms with Crippen LogP contribution in [-0.2, 0) is 33.3 Å². The number of hydrogen-bond acceptors (Lipinski definition) is 8. The van der Waals surface area contributed by atoms with Crippen LogP contribution in [0.1, 0.15) is 19.4 Å². The van der Waals surface area contributed by atoms with E-state index in [1.807, 2.05) is 6.92 Å². The molecule has 0 radical (unpaired) electrons. The maximum absolute atomic E-state index is 12.5. The van der Waals surface area contributed by atoms with Crippen molar-refractivity contribution in [3.63, 3.8) is 0 Å². The smallest absolute Gasteiger partial charge is 0.303 e. The number of aliphatic hydroxyl groups excluding tert-OH is 1. The Balaban J connectivity index is 2.33. The number of aliphatic hydroxyl groups is 1. The van der Waals surface area contributed by atoms with Gasteiger partial charge in [0, 0.05) is 14.0 Å². The van der Waals surface area contributed by atoms with Crippen LogP contribution in [0.5, 0.6) is 0 Å². The molecule has 0 spiro atoms. The normalized spacial score (nSPS) is 30.0. The third-order valence-corrected chi connectivity index (χ3v) is 5.17. The second-order valence-corrected chi connectivity index (χ2v) is 7.41. The number of benzene rings is 1. The number of methoxy groups -OCH3 is 1. The number of ether oxygens (including phenoxy) is 3. The van der Waals surface area contributed by atoms with Crippen LogP contribution in [0.3, 0.4) is 0 Å². The van der Waals surface area contributed by atoms with Crippen molar-refractivity contribution in [1.29, 1.82) is 0 Å². The lowest BCUT2D eigenvalue weighted by Gasteiger charge is -2.41. The van der Waals surface area contributed by atoms with E-state index in [2.05, 4.69) is 0 Å². The number of hydrogen-bond donors (Lipinski definition) is 1. The van der Waals surface area contributed by atoms with Crippen LogP contribution in [0.4, 0.5) is 0 Å². The Morgan fingerprint density at radius 1 is 1.20 bits per heavy atom.